The first-order valence-electron chi connectivity index (χ1n) is 13.5. The molecule has 3 N–H and O–H groups in total. The topological polar surface area (TPSA) is 73.2 Å². The molecule has 8 atom stereocenters. The van der Waals surface area contributed by atoms with Crippen LogP contribution >= 0.6 is 0 Å². The maximum atomic E-state index is 13.4. The molecule has 0 aromatic heterocycles. The first kappa shape index (κ1) is 22.6. The number of rotatable bonds is 5. The molecule has 0 unspecified atom stereocenters. The lowest BCUT2D eigenvalue weighted by Gasteiger charge is -2.56. The molecular formula is C28H44N2O2. The Balaban J connectivity index is 1.25. The second-order valence-electron chi connectivity index (χ2n) is 12.5. The van der Waals surface area contributed by atoms with Crippen LogP contribution in [0, 0.1) is 46.3 Å². The lowest BCUT2D eigenvalue weighted by Crippen LogP contribution is -2.51. The molecule has 4 nitrogen and oxygen atoms in total. The van der Waals surface area contributed by atoms with Crippen LogP contribution in [0.1, 0.15) is 97.3 Å². The van der Waals surface area contributed by atoms with Gasteiger partial charge in [0.15, 0.2) is 5.78 Å². The molecule has 178 valence electrons. The van der Waals surface area contributed by atoms with Crippen LogP contribution in [0.4, 0.5) is 0 Å². The van der Waals surface area contributed by atoms with Crippen molar-refractivity contribution >= 4 is 12.0 Å². The number of Topliss-reactive ketones (excluding diaryl/α,β-unsaturated/α-hetero) is 1. The number of aliphatic hydroxyl groups is 1. The predicted molar refractivity (Wildman–Crippen MR) is 129 cm³/mol. The van der Waals surface area contributed by atoms with Gasteiger partial charge in [-0.05, 0) is 131 Å². The van der Waals surface area contributed by atoms with Gasteiger partial charge in [0.2, 0.25) is 0 Å². The van der Waals surface area contributed by atoms with E-state index in [4.69, 9.17) is 5.41 Å². The molecule has 0 aliphatic heterocycles. The van der Waals surface area contributed by atoms with Gasteiger partial charge in [0.05, 0.1) is 12.1 Å². The minimum atomic E-state index is -0.444. The number of carbonyl (C=O) groups excluding carboxylic acids is 1. The van der Waals surface area contributed by atoms with Crippen molar-refractivity contribution in [3.63, 3.8) is 0 Å². The summed E-state index contributed by atoms with van der Waals surface area (Å²) >= 11 is 0. The fourth-order valence-corrected chi connectivity index (χ4v) is 9.22. The van der Waals surface area contributed by atoms with Crippen molar-refractivity contribution < 1.29 is 9.90 Å². The van der Waals surface area contributed by atoms with Crippen LogP contribution in [0.5, 0.6) is 0 Å². The van der Waals surface area contributed by atoms with Gasteiger partial charge >= 0.3 is 0 Å². The molecule has 0 spiro atoms. The number of hydrogen-bond donors (Lipinski definition) is 3. The van der Waals surface area contributed by atoms with Crippen molar-refractivity contribution in [1.82, 2.24) is 5.32 Å². The fourth-order valence-electron chi connectivity index (χ4n) is 9.22. The van der Waals surface area contributed by atoms with Gasteiger partial charge in [0, 0.05) is 17.8 Å². The zero-order chi connectivity index (χ0) is 22.5. The molecular weight excluding hydrogens is 396 g/mol. The highest BCUT2D eigenvalue weighted by Gasteiger charge is 2.58. The van der Waals surface area contributed by atoms with E-state index in [9.17, 15) is 9.90 Å². The summed E-state index contributed by atoms with van der Waals surface area (Å²) < 4.78 is 0. The van der Waals surface area contributed by atoms with Gasteiger partial charge in [-0.2, -0.15) is 0 Å². The molecule has 0 aromatic carbocycles. The van der Waals surface area contributed by atoms with Gasteiger partial charge < -0.3 is 15.8 Å². The quantitative estimate of drug-likeness (QED) is 0.484. The van der Waals surface area contributed by atoms with Crippen molar-refractivity contribution in [2.75, 3.05) is 6.54 Å². The number of ketones is 1. The third-order valence-electron chi connectivity index (χ3n) is 10.8. The van der Waals surface area contributed by atoms with Crippen LogP contribution in [0.2, 0.25) is 0 Å². The van der Waals surface area contributed by atoms with E-state index in [1.54, 1.807) is 0 Å². The molecule has 4 heteroatoms. The highest BCUT2D eigenvalue weighted by atomic mass is 16.3. The average molecular weight is 441 g/mol. The molecule has 32 heavy (non-hydrogen) atoms. The van der Waals surface area contributed by atoms with Crippen LogP contribution in [0.3, 0.4) is 0 Å². The summed E-state index contributed by atoms with van der Waals surface area (Å²) in [4.78, 5) is 13.4. The second-order valence-corrected chi connectivity index (χ2v) is 12.5. The van der Waals surface area contributed by atoms with E-state index < -0.39 is 5.60 Å². The molecule has 5 aliphatic carbocycles. The third kappa shape index (κ3) is 3.89. The smallest absolute Gasteiger partial charge is 0.155 e. The van der Waals surface area contributed by atoms with Crippen molar-refractivity contribution in [2.24, 2.45) is 40.9 Å². The monoisotopic (exact) mass is 440 g/mol. The summed E-state index contributed by atoms with van der Waals surface area (Å²) in [5.41, 5.74) is 1.98. The summed E-state index contributed by atoms with van der Waals surface area (Å²) in [5, 5.41) is 21.8. The van der Waals surface area contributed by atoms with Gasteiger partial charge in [0.1, 0.15) is 0 Å². The van der Waals surface area contributed by atoms with Crippen molar-refractivity contribution in [3.05, 3.63) is 11.3 Å². The minimum Gasteiger partial charge on any atom is -0.390 e. The molecule has 4 saturated carbocycles. The number of carbonyl (C=O) groups is 1. The Morgan fingerprint density at radius 3 is 2.62 bits per heavy atom. The van der Waals surface area contributed by atoms with Crippen molar-refractivity contribution in [2.45, 2.75) is 103 Å². The molecule has 4 fully saturated rings. The number of hydrogen-bond acceptors (Lipinski definition) is 4. The van der Waals surface area contributed by atoms with E-state index in [0.717, 1.165) is 79.9 Å². The number of fused-ring (bicyclic) bond motifs is 5. The molecule has 0 bridgehead atoms. The number of allylic oxidation sites excluding steroid dienone is 2. The molecule has 0 heterocycles. The maximum absolute atomic E-state index is 13.4. The van der Waals surface area contributed by atoms with E-state index >= 15 is 0 Å². The Labute approximate surface area is 194 Å². The van der Waals surface area contributed by atoms with Crippen molar-refractivity contribution in [3.8, 4) is 0 Å². The molecule has 0 radical (unpaired) electrons. The van der Waals surface area contributed by atoms with E-state index in [-0.39, 0.29) is 11.3 Å². The van der Waals surface area contributed by atoms with Gasteiger partial charge in [-0.15, -0.1) is 0 Å². The SMILES string of the molecule is C[C@@]1(O)CC[C@H]2[C@H](CC[C@@H]3[C@@H]2CC[C@]2(C)[C@@H](C(=O)CNC4=C(C=N)CCCC4)CC[C@@H]32)C1. The fraction of sp³-hybridized carbons (Fsp3) is 0.857. The molecule has 0 saturated heterocycles. The Kier molecular flexibility index (Phi) is 6.05. The first-order chi connectivity index (χ1) is 15.3. The average Bonchev–Trinajstić information content (AvgIpc) is 3.14. The Hall–Kier alpha value is -1.16. The van der Waals surface area contributed by atoms with Crippen LogP contribution in [0.25, 0.3) is 0 Å². The van der Waals surface area contributed by atoms with E-state index in [1.165, 1.54) is 44.7 Å². The van der Waals surface area contributed by atoms with Gasteiger partial charge in [0.25, 0.3) is 0 Å². The number of nitrogens with one attached hydrogen (secondary N) is 2. The summed E-state index contributed by atoms with van der Waals surface area (Å²) in [7, 11) is 0. The van der Waals surface area contributed by atoms with Crippen LogP contribution in [-0.4, -0.2) is 29.3 Å². The zero-order valence-electron chi connectivity index (χ0n) is 20.3. The summed E-state index contributed by atoms with van der Waals surface area (Å²) in [6, 6.07) is 0. The Morgan fingerprint density at radius 1 is 1.03 bits per heavy atom. The summed E-state index contributed by atoms with van der Waals surface area (Å²) in [6.07, 6.45) is 16.4. The standard InChI is InChI=1S/C28H44N2O2/c1-27(32)13-11-20-18(15-27)7-8-22-21(20)12-14-28(2)23(22)9-10-24(28)26(31)17-30-25-6-4-3-5-19(25)16-29/h16,18,20-24,29-30,32H,3-15,17H2,1-2H3/t18-,20+,21-,22-,23+,24-,27-,28+/m1/s1. The van der Waals surface area contributed by atoms with Gasteiger partial charge in [-0.1, -0.05) is 6.92 Å². The molecule has 5 aliphatic rings. The Bertz CT molecular complexity index is 786. The Morgan fingerprint density at radius 2 is 1.81 bits per heavy atom. The van der Waals surface area contributed by atoms with Gasteiger partial charge in [-0.3, -0.25) is 4.79 Å². The van der Waals surface area contributed by atoms with Gasteiger partial charge in [-0.25, -0.2) is 0 Å². The third-order valence-corrected chi connectivity index (χ3v) is 10.8. The molecule has 5 rings (SSSR count). The summed E-state index contributed by atoms with van der Waals surface area (Å²) in [5.74, 6) is 4.50. The van der Waals surface area contributed by atoms with E-state index in [0.29, 0.717) is 18.2 Å². The lowest BCUT2D eigenvalue weighted by atomic mass is 9.49. The molecule has 0 amide bonds. The van der Waals surface area contributed by atoms with Crippen LogP contribution in [-0.2, 0) is 4.79 Å². The highest BCUT2D eigenvalue weighted by molar-refractivity contribution is 5.85. The highest BCUT2D eigenvalue weighted by Crippen LogP contribution is 2.64. The first-order valence-corrected chi connectivity index (χ1v) is 13.5. The van der Waals surface area contributed by atoms with Crippen LogP contribution in [0.15, 0.2) is 11.3 Å². The second kappa shape index (κ2) is 8.56. The molecule has 0 aromatic rings. The maximum Gasteiger partial charge on any atom is 0.155 e. The predicted octanol–water partition coefficient (Wildman–Crippen LogP) is 5.64. The lowest BCUT2D eigenvalue weighted by molar-refractivity contribution is -0.131. The minimum absolute atomic E-state index is 0.179. The normalized spacial score (nSPS) is 46.1. The largest absolute Gasteiger partial charge is 0.390 e. The van der Waals surface area contributed by atoms with E-state index in [1.807, 2.05) is 6.92 Å². The van der Waals surface area contributed by atoms with Crippen molar-refractivity contribution in [1.29, 1.82) is 5.41 Å². The van der Waals surface area contributed by atoms with Crippen LogP contribution < -0.4 is 5.32 Å². The van der Waals surface area contributed by atoms with E-state index in [2.05, 4.69) is 12.2 Å². The zero-order valence-corrected chi connectivity index (χ0v) is 20.3. The summed E-state index contributed by atoms with van der Waals surface area (Å²) in [6.45, 7) is 4.94.